The van der Waals surface area contributed by atoms with Crippen LogP contribution in [0.5, 0.6) is 0 Å². The highest BCUT2D eigenvalue weighted by atomic mass is 16.2. The van der Waals surface area contributed by atoms with Gasteiger partial charge in [-0.3, -0.25) is 19.4 Å². The number of amides is 2. The molecular weight excluding hydrogens is 352 g/mol. The molecular formula is C22H42N4O2. The second-order valence-electron chi connectivity index (χ2n) is 8.97. The van der Waals surface area contributed by atoms with Crippen molar-refractivity contribution in [1.29, 1.82) is 0 Å². The highest BCUT2D eigenvalue weighted by Gasteiger charge is 2.31. The smallest absolute Gasteiger partial charge is 0.239 e. The van der Waals surface area contributed by atoms with Crippen molar-refractivity contribution in [1.82, 2.24) is 19.6 Å². The number of likely N-dealkylation sites (tertiary alicyclic amines) is 2. The van der Waals surface area contributed by atoms with Gasteiger partial charge in [0.15, 0.2) is 0 Å². The lowest BCUT2D eigenvalue weighted by atomic mass is 10.1. The van der Waals surface area contributed by atoms with E-state index in [-0.39, 0.29) is 23.9 Å². The maximum absolute atomic E-state index is 12.2. The summed E-state index contributed by atoms with van der Waals surface area (Å²) in [5.74, 6) is 0.538. The van der Waals surface area contributed by atoms with Crippen LogP contribution >= 0.6 is 0 Å². The molecule has 0 aromatic rings. The Morgan fingerprint density at radius 2 is 1.04 bits per heavy atom. The molecule has 2 atom stereocenters. The van der Waals surface area contributed by atoms with Gasteiger partial charge in [-0.2, -0.15) is 0 Å². The van der Waals surface area contributed by atoms with Crippen molar-refractivity contribution in [2.24, 2.45) is 0 Å². The number of nitrogens with zero attached hydrogens (tertiary/aromatic N) is 4. The Labute approximate surface area is 172 Å². The number of unbranched alkanes of at least 4 members (excludes halogenated alkanes) is 5. The van der Waals surface area contributed by atoms with Crippen LogP contribution in [0.25, 0.3) is 0 Å². The van der Waals surface area contributed by atoms with Crippen molar-refractivity contribution in [2.45, 2.75) is 76.3 Å². The Kier molecular flexibility index (Phi) is 9.72. The van der Waals surface area contributed by atoms with E-state index >= 15 is 0 Å². The van der Waals surface area contributed by atoms with Gasteiger partial charge in [-0.1, -0.05) is 25.7 Å². The predicted molar refractivity (Wildman–Crippen MR) is 114 cm³/mol. The number of carbonyl (C=O) groups excluding carboxylic acids is 2. The molecule has 0 aliphatic carbocycles. The molecule has 0 saturated carbocycles. The normalized spacial score (nSPS) is 23.3. The van der Waals surface area contributed by atoms with E-state index in [1.165, 1.54) is 38.5 Å². The molecule has 2 fully saturated rings. The summed E-state index contributed by atoms with van der Waals surface area (Å²) in [4.78, 5) is 32.7. The van der Waals surface area contributed by atoms with Crippen molar-refractivity contribution in [3.05, 3.63) is 0 Å². The average molecular weight is 395 g/mol. The van der Waals surface area contributed by atoms with E-state index in [1.807, 2.05) is 28.2 Å². The first-order chi connectivity index (χ1) is 13.4. The summed E-state index contributed by atoms with van der Waals surface area (Å²) in [6.07, 6.45) is 11.8. The monoisotopic (exact) mass is 394 g/mol. The number of hydrogen-bond acceptors (Lipinski definition) is 4. The van der Waals surface area contributed by atoms with Crippen LogP contribution in [0.1, 0.15) is 64.2 Å². The van der Waals surface area contributed by atoms with E-state index in [2.05, 4.69) is 9.80 Å². The Hall–Kier alpha value is -1.14. The first-order valence-corrected chi connectivity index (χ1v) is 11.3. The quantitative estimate of drug-likeness (QED) is 0.505. The molecule has 6 nitrogen and oxygen atoms in total. The van der Waals surface area contributed by atoms with Crippen LogP contribution in [-0.2, 0) is 9.59 Å². The summed E-state index contributed by atoms with van der Waals surface area (Å²) in [6.45, 7) is 4.28. The third-order valence-corrected chi connectivity index (χ3v) is 6.32. The Morgan fingerprint density at radius 3 is 1.39 bits per heavy atom. The first kappa shape index (κ1) is 23.1. The average Bonchev–Trinajstić information content (AvgIpc) is 3.31. The predicted octanol–water partition coefficient (Wildman–Crippen LogP) is 2.43. The zero-order valence-electron chi connectivity index (χ0n) is 18.7. The molecule has 0 N–H and O–H groups in total. The van der Waals surface area contributed by atoms with Gasteiger partial charge in [-0.15, -0.1) is 0 Å². The largest absolute Gasteiger partial charge is 0.347 e. The summed E-state index contributed by atoms with van der Waals surface area (Å²) in [6, 6.07) is 0.238. The summed E-state index contributed by atoms with van der Waals surface area (Å²) in [5, 5.41) is 0. The fourth-order valence-electron chi connectivity index (χ4n) is 4.68. The first-order valence-electron chi connectivity index (χ1n) is 11.3. The maximum Gasteiger partial charge on any atom is 0.239 e. The van der Waals surface area contributed by atoms with Gasteiger partial charge in [-0.25, -0.2) is 0 Å². The molecule has 2 saturated heterocycles. The third kappa shape index (κ3) is 6.73. The lowest BCUT2D eigenvalue weighted by Crippen LogP contribution is -2.43. The van der Waals surface area contributed by atoms with E-state index in [0.717, 1.165) is 51.9 Å². The highest BCUT2D eigenvalue weighted by molar-refractivity contribution is 5.82. The van der Waals surface area contributed by atoms with Gasteiger partial charge in [-0.05, 0) is 64.7 Å². The number of rotatable bonds is 11. The minimum absolute atomic E-state index is 0.119. The van der Waals surface area contributed by atoms with Gasteiger partial charge in [0, 0.05) is 28.2 Å². The molecule has 2 rings (SSSR count). The zero-order valence-corrected chi connectivity index (χ0v) is 18.7. The third-order valence-electron chi connectivity index (χ3n) is 6.32. The van der Waals surface area contributed by atoms with E-state index < -0.39 is 0 Å². The van der Waals surface area contributed by atoms with Gasteiger partial charge in [0.25, 0.3) is 0 Å². The SMILES string of the molecule is CN(C)C(=O)[C@@H]1CCCN1CCCCCCCCN1CCC[C@H]1C(=O)N(C)C. The molecule has 0 radical (unpaired) electrons. The topological polar surface area (TPSA) is 47.1 Å². The molecule has 2 amide bonds. The molecule has 28 heavy (non-hydrogen) atoms. The second-order valence-corrected chi connectivity index (χ2v) is 8.97. The van der Waals surface area contributed by atoms with Crippen molar-refractivity contribution in [3.8, 4) is 0 Å². The summed E-state index contributed by atoms with van der Waals surface area (Å²) >= 11 is 0. The second kappa shape index (κ2) is 11.8. The summed E-state index contributed by atoms with van der Waals surface area (Å²) in [7, 11) is 7.44. The number of carbonyl (C=O) groups is 2. The van der Waals surface area contributed by atoms with Gasteiger partial charge in [0.2, 0.25) is 11.8 Å². The lowest BCUT2D eigenvalue weighted by Gasteiger charge is -2.26. The Balaban J connectivity index is 1.52. The van der Waals surface area contributed by atoms with Crippen LogP contribution in [0.3, 0.4) is 0 Å². The molecule has 2 heterocycles. The van der Waals surface area contributed by atoms with Crippen LogP contribution in [0.4, 0.5) is 0 Å². The highest BCUT2D eigenvalue weighted by Crippen LogP contribution is 2.21. The molecule has 0 spiro atoms. The van der Waals surface area contributed by atoms with Crippen molar-refractivity contribution < 1.29 is 9.59 Å². The van der Waals surface area contributed by atoms with Gasteiger partial charge in [0.1, 0.15) is 0 Å². The van der Waals surface area contributed by atoms with Crippen molar-refractivity contribution >= 4 is 11.8 Å². The number of likely N-dealkylation sites (N-methyl/N-ethyl adjacent to an activating group) is 2. The van der Waals surface area contributed by atoms with Crippen LogP contribution in [-0.4, -0.2) is 97.9 Å². The Morgan fingerprint density at radius 1 is 0.679 bits per heavy atom. The molecule has 0 aromatic heterocycles. The fraction of sp³-hybridized carbons (Fsp3) is 0.909. The van der Waals surface area contributed by atoms with Crippen molar-refractivity contribution in [3.63, 3.8) is 0 Å². The zero-order chi connectivity index (χ0) is 20.5. The molecule has 0 aromatic carbocycles. The minimum Gasteiger partial charge on any atom is -0.347 e. The lowest BCUT2D eigenvalue weighted by molar-refractivity contribution is -0.134. The van der Waals surface area contributed by atoms with Crippen LogP contribution in [0.15, 0.2) is 0 Å². The standard InChI is InChI=1S/C22H42N4O2/c1-23(2)21(27)19-13-11-17-25(19)15-9-7-5-6-8-10-16-26-18-12-14-20(26)22(28)24(3)4/h19-20H,5-18H2,1-4H3/t19-,20-/m0/s1. The van der Waals surface area contributed by atoms with E-state index in [1.54, 1.807) is 9.80 Å². The van der Waals surface area contributed by atoms with E-state index in [9.17, 15) is 9.59 Å². The van der Waals surface area contributed by atoms with Crippen LogP contribution < -0.4 is 0 Å². The summed E-state index contributed by atoms with van der Waals surface area (Å²) in [5.41, 5.74) is 0. The van der Waals surface area contributed by atoms with Gasteiger partial charge < -0.3 is 9.80 Å². The van der Waals surface area contributed by atoms with Crippen LogP contribution in [0, 0.1) is 0 Å². The fourth-order valence-corrected chi connectivity index (χ4v) is 4.68. The van der Waals surface area contributed by atoms with Gasteiger partial charge in [0.05, 0.1) is 12.1 Å². The molecule has 162 valence electrons. The van der Waals surface area contributed by atoms with Gasteiger partial charge >= 0.3 is 0 Å². The van der Waals surface area contributed by atoms with E-state index in [4.69, 9.17) is 0 Å². The molecule has 0 bridgehead atoms. The van der Waals surface area contributed by atoms with E-state index in [0.29, 0.717) is 0 Å². The number of hydrogen-bond donors (Lipinski definition) is 0. The summed E-state index contributed by atoms with van der Waals surface area (Å²) < 4.78 is 0. The molecule has 6 heteroatoms. The molecule has 2 aliphatic heterocycles. The van der Waals surface area contributed by atoms with Crippen molar-refractivity contribution in [2.75, 3.05) is 54.4 Å². The Bertz CT molecular complexity index is 451. The molecule has 0 unspecified atom stereocenters. The minimum atomic E-state index is 0.119. The molecule has 2 aliphatic rings. The van der Waals surface area contributed by atoms with Crippen LogP contribution in [0.2, 0.25) is 0 Å². The maximum atomic E-state index is 12.2.